The first-order valence-corrected chi connectivity index (χ1v) is 7.55. The Bertz CT molecular complexity index is 728. The van der Waals surface area contributed by atoms with Gasteiger partial charge in [0.1, 0.15) is 5.82 Å². The quantitative estimate of drug-likeness (QED) is 0.866. The Morgan fingerprint density at radius 2 is 2.08 bits per heavy atom. The number of carbonyl (C=O) groups is 1. The molecule has 3 rings (SSSR count). The van der Waals surface area contributed by atoms with Crippen LogP contribution in [0.15, 0.2) is 36.4 Å². The Morgan fingerprint density at radius 1 is 1.38 bits per heavy atom. The average molecular weight is 339 g/mol. The number of rotatable bonds is 3. The summed E-state index contributed by atoms with van der Waals surface area (Å²) in [6.45, 7) is 1.75. The van der Waals surface area contributed by atoms with Crippen LogP contribution in [0.25, 0.3) is 0 Å². The van der Waals surface area contributed by atoms with Gasteiger partial charge in [0.05, 0.1) is 12.6 Å². The molecular formula is C16H16F3N3O2. The van der Waals surface area contributed by atoms with Gasteiger partial charge in [0, 0.05) is 12.5 Å². The van der Waals surface area contributed by atoms with E-state index in [1.54, 1.807) is 37.3 Å². The van der Waals surface area contributed by atoms with Gasteiger partial charge in [-0.1, -0.05) is 30.3 Å². The van der Waals surface area contributed by atoms with Gasteiger partial charge in [0.15, 0.2) is 11.7 Å². The van der Waals surface area contributed by atoms with Crippen LogP contribution in [0.2, 0.25) is 0 Å². The standard InChI is InChI=1S/C16H16F3N3O2/c1-2-24-15(23)12-9-14-20-11(10-6-4-3-5-7-10)8-13(16(17,18)19)22(14)21-12/h3-7,9,11,13,20H,2,8H2,1H3. The van der Waals surface area contributed by atoms with Gasteiger partial charge >= 0.3 is 12.1 Å². The summed E-state index contributed by atoms with van der Waals surface area (Å²) in [5.41, 5.74) is 0.610. The number of nitrogens with zero attached hydrogens (tertiary/aromatic N) is 2. The Balaban J connectivity index is 1.98. The number of ether oxygens (including phenoxy) is 1. The Labute approximate surface area is 136 Å². The molecule has 0 radical (unpaired) electrons. The van der Waals surface area contributed by atoms with Gasteiger partial charge in [-0.05, 0) is 12.5 Å². The van der Waals surface area contributed by atoms with E-state index < -0.39 is 24.2 Å². The molecule has 1 aromatic heterocycles. The second-order valence-corrected chi connectivity index (χ2v) is 5.48. The molecule has 1 N–H and O–H groups in total. The lowest BCUT2D eigenvalue weighted by atomic mass is 9.97. The lowest BCUT2D eigenvalue weighted by Gasteiger charge is -2.33. The van der Waals surface area contributed by atoms with Gasteiger partial charge in [0.25, 0.3) is 0 Å². The smallest absolute Gasteiger partial charge is 0.410 e. The Morgan fingerprint density at radius 3 is 2.71 bits per heavy atom. The van der Waals surface area contributed by atoms with Crippen LogP contribution in [0, 0.1) is 0 Å². The van der Waals surface area contributed by atoms with Gasteiger partial charge in [-0.15, -0.1) is 0 Å². The average Bonchev–Trinajstić information content (AvgIpc) is 2.98. The van der Waals surface area contributed by atoms with Gasteiger partial charge in [0.2, 0.25) is 0 Å². The van der Waals surface area contributed by atoms with Crippen molar-refractivity contribution in [2.24, 2.45) is 0 Å². The maximum atomic E-state index is 13.5. The van der Waals surface area contributed by atoms with E-state index in [1.807, 2.05) is 0 Å². The summed E-state index contributed by atoms with van der Waals surface area (Å²) in [6, 6.07) is 7.86. The highest BCUT2D eigenvalue weighted by molar-refractivity contribution is 5.88. The third kappa shape index (κ3) is 3.08. The Kier molecular flexibility index (Phi) is 4.21. The van der Waals surface area contributed by atoms with Gasteiger partial charge < -0.3 is 10.1 Å². The highest BCUT2D eigenvalue weighted by Gasteiger charge is 2.46. The molecule has 5 nitrogen and oxygen atoms in total. The molecule has 24 heavy (non-hydrogen) atoms. The molecular weight excluding hydrogens is 323 g/mol. The maximum absolute atomic E-state index is 13.5. The minimum atomic E-state index is -4.47. The van der Waals surface area contributed by atoms with E-state index in [0.717, 1.165) is 10.2 Å². The maximum Gasteiger partial charge on any atom is 0.410 e. The monoisotopic (exact) mass is 339 g/mol. The number of hydrogen-bond donors (Lipinski definition) is 1. The number of esters is 1. The van der Waals surface area contributed by atoms with E-state index in [-0.39, 0.29) is 24.5 Å². The lowest BCUT2D eigenvalue weighted by Crippen LogP contribution is -2.35. The summed E-state index contributed by atoms with van der Waals surface area (Å²) in [5, 5.41) is 6.83. The highest BCUT2D eigenvalue weighted by atomic mass is 19.4. The largest absolute Gasteiger partial charge is 0.461 e. The number of benzene rings is 1. The second kappa shape index (κ2) is 6.18. The zero-order valence-corrected chi connectivity index (χ0v) is 12.9. The molecule has 0 aliphatic carbocycles. The molecule has 2 aromatic rings. The highest BCUT2D eigenvalue weighted by Crippen LogP contribution is 2.43. The van der Waals surface area contributed by atoms with Crippen LogP contribution < -0.4 is 5.32 Å². The molecule has 0 amide bonds. The molecule has 2 atom stereocenters. The fourth-order valence-electron chi connectivity index (χ4n) is 2.78. The summed E-state index contributed by atoms with van der Waals surface area (Å²) in [6.07, 6.45) is -4.67. The predicted octanol–water partition coefficient (Wildman–Crippen LogP) is 3.72. The van der Waals surface area contributed by atoms with Crippen molar-refractivity contribution in [3.05, 3.63) is 47.7 Å². The van der Waals surface area contributed by atoms with Crippen molar-refractivity contribution in [1.82, 2.24) is 9.78 Å². The number of aromatic nitrogens is 2. The molecule has 0 saturated heterocycles. The Hall–Kier alpha value is -2.51. The molecule has 0 fully saturated rings. The minimum absolute atomic E-state index is 0.129. The van der Waals surface area contributed by atoms with Crippen LogP contribution >= 0.6 is 0 Å². The SMILES string of the molecule is CCOC(=O)c1cc2n(n1)C(C(F)(F)F)CC(c1ccccc1)N2. The first-order valence-electron chi connectivity index (χ1n) is 7.55. The number of halogens is 3. The number of hydrogen-bond acceptors (Lipinski definition) is 4. The van der Waals surface area contributed by atoms with Crippen LogP contribution in [0.3, 0.4) is 0 Å². The summed E-state index contributed by atoms with van der Waals surface area (Å²) >= 11 is 0. The van der Waals surface area contributed by atoms with Crippen molar-refractivity contribution >= 4 is 11.8 Å². The predicted molar refractivity (Wildman–Crippen MR) is 80.7 cm³/mol. The molecule has 1 aromatic carbocycles. The fourth-order valence-corrected chi connectivity index (χ4v) is 2.78. The normalized spacial score (nSPS) is 20.2. The molecule has 2 unspecified atom stereocenters. The van der Waals surface area contributed by atoms with Crippen LogP contribution in [-0.4, -0.2) is 28.5 Å². The summed E-state index contributed by atoms with van der Waals surface area (Å²) < 4.78 is 46.0. The molecule has 0 saturated carbocycles. The first kappa shape index (κ1) is 16.4. The molecule has 2 heterocycles. The third-order valence-corrected chi connectivity index (χ3v) is 3.88. The molecule has 128 valence electrons. The van der Waals surface area contributed by atoms with Crippen LogP contribution in [0.5, 0.6) is 0 Å². The van der Waals surface area contributed by atoms with E-state index >= 15 is 0 Å². The van der Waals surface area contributed by atoms with Crippen molar-refractivity contribution in [3.8, 4) is 0 Å². The number of alkyl halides is 3. The topological polar surface area (TPSA) is 56.2 Å². The van der Waals surface area contributed by atoms with Crippen LogP contribution in [0.4, 0.5) is 19.0 Å². The number of fused-ring (bicyclic) bond motifs is 1. The number of anilines is 1. The van der Waals surface area contributed by atoms with Crippen molar-refractivity contribution in [1.29, 1.82) is 0 Å². The zero-order valence-electron chi connectivity index (χ0n) is 12.9. The second-order valence-electron chi connectivity index (χ2n) is 5.48. The number of nitrogens with one attached hydrogen (secondary N) is 1. The summed E-state index contributed by atoms with van der Waals surface area (Å²) in [4.78, 5) is 11.8. The minimum Gasteiger partial charge on any atom is -0.461 e. The molecule has 0 bridgehead atoms. The van der Waals surface area contributed by atoms with Crippen molar-refractivity contribution in [3.63, 3.8) is 0 Å². The third-order valence-electron chi connectivity index (χ3n) is 3.88. The molecule has 1 aliphatic heterocycles. The summed E-state index contributed by atoms with van der Waals surface area (Å²) in [5.74, 6) is -0.584. The van der Waals surface area contributed by atoms with Gasteiger partial charge in [-0.3, -0.25) is 0 Å². The van der Waals surface area contributed by atoms with E-state index in [0.29, 0.717) is 0 Å². The van der Waals surface area contributed by atoms with E-state index in [2.05, 4.69) is 10.4 Å². The lowest BCUT2D eigenvalue weighted by molar-refractivity contribution is -0.173. The fraction of sp³-hybridized carbons (Fsp3) is 0.375. The molecule has 1 aliphatic rings. The van der Waals surface area contributed by atoms with E-state index in [4.69, 9.17) is 4.74 Å². The van der Waals surface area contributed by atoms with Gasteiger partial charge in [-0.2, -0.15) is 18.3 Å². The van der Waals surface area contributed by atoms with E-state index in [1.165, 1.54) is 6.07 Å². The zero-order chi connectivity index (χ0) is 17.3. The van der Waals surface area contributed by atoms with Crippen LogP contribution in [-0.2, 0) is 4.74 Å². The van der Waals surface area contributed by atoms with Crippen molar-refractivity contribution < 1.29 is 22.7 Å². The molecule has 0 spiro atoms. The summed E-state index contributed by atoms with van der Waals surface area (Å²) in [7, 11) is 0. The first-order chi connectivity index (χ1) is 11.4. The van der Waals surface area contributed by atoms with E-state index in [9.17, 15) is 18.0 Å². The van der Waals surface area contributed by atoms with Gasteiger partial charge in [-0.25, -0.2) is 9.48 Å². The molecule has 8 heteroatoms. The number of carbonyl (C=O) groups excluding carboxylic acids is 1. The van der Waals surface area contributed by atoms with Crippen molar-refractivity contribution in [2.75, 3.05) is 11.9 Å². The van der Waals surface area contributed by atoms with Crippen molar-refractivity contribution in [2.45, 2.75) is 31.6 Å². The van der Waals surface area contributed by atoms with Crippen LogP contribution in [0.1, 0.15) is 41.5 Å².